The topological polar surface area (TPSA) is 76.0 Å². The number of benzene rings is 1. The van der Waals surface area contributed by atoms with Crippen LogP contribution in [0.1, 0.15) is 25.7 Å². The number of aliphatic hydroxyl groups is 2. The van der Waals surface area contributed by atoms with Crippen LogP contribution >= 0.6 is 11.6 Å². The third-order valence-corrected chi connectivity index (χ3v) is 5.28. The molecule has 0 amide bonds. The number of allylic oxidation sites excluding steroid dienone is 2. The molecule has 1 fully saturated rings. The number of hydrogen-bond donors (Lipinski definition) is 2. The van der Waals surface area contributed by atoms with E-state index in [9.17, 15) is 15.0 Å². The minimum Gasteiger partial charge on any atom is -0.489 e. The van der Waals surface area contributed by atoms with Crippen molar-refractivity contribution in [2.45, 2.75) is 44.0 Å². The highest BCUT2D eigenvalue weighted by atomic mass is 35.5. The maximum absolute atomic E-state index is 12.1. The lowest BCUT2D eigenvalue weighted by Crippen LogP contribution is -2.25. The van der Waals surface area contributed by atoms with Gasteiger partial charge < -0.3 is 19.7 Å². The average molecular weight is 393 g/mol. The first-order chi connectivity index (χ1) is 13.0. The molecule has 3 rings (SSSR count). The summed E-state index contributed by atoms with van der Waals surface area (Å²) in [5, 5.41) is 21.1. The molecule has 1 aromatic rings. The Kier molecular flexibility index (Phi) is 6.94. The number of ether oxygens (including phenoxy) is 2. The van der Waals surface area contributed by atoms with E-state index in [4.69, 9.17) is 21.1 Å². The molecule has 0 saturated heterocycles. The van der Waals surface area contributed by atoms with Crippen LogP contribution in [-0.2, 0) is 9.53 Å². The van der Waals surface area contributed by atoms with Crippen LogP contribution in [0.15, 0.2) is 48.6 Å². The molecular formula is C21H25ClO5. The number of hydrogen-bond acceptors (Lipinski definition) is 5. The number of fused-ring (bicyclic) bond motifs is 1. The van der Waals surface area contributed by atoms with Gasteiger partial charge in [0.25, 0.3) is 0 Å². The molecule has 2 aliphatic rings. The second-order valence-electron chi connectivity index (χ2n) is 7.04. The van der Waals surface area contributed by atoms with Gasteiger partial charge in [0.05, 0.1) is 12.2 Å². The Balaban J connectivity index is 1.73. The molecule has 27 heavy (non-hydrogen) atoms. The second kappa shape index (κ2) is 9.40. The summed E-state index contributed by atoms with van der Waals surface area (Å²) in [4.78, 5) is 12.1. The highest BCUT2D eigenvalue weighted by Crippen LogP contribution is 2.36. The van der Waals surface area contributed by atoms with Gasteiger partial charge in [-0.15, -0.1) is 0 Å². The highest BCUT2D eigenvalue weighted by molar-refractivity contribution is 6.30. The van der Waals surface area contributed by atoms with Crippen LogP contribution in [0.3, 0.4) is 0 Å². The van der Waals surface area contributed by atoms with E-state index in [-0.39, 0.29) is 30.8 Å². The molecule has 1 saturated carbocycles. The van der Waals surface area contributed by atoms with E-state index in [0.717, 1.165) is 0 Å². The smallest absolute Gasteiger partial charge is 0.306 e. The zero-order valence-corrected chi connectivity index (χ0v) is 15.8. The van der Waals surface area contributed by atoms with Crippen molar-refractivity contribution in [2.75, 3.05) is 6.61 Å². The van der Waals surface area contributed by atoms with Crippen molar-refractivity contribution in [3.8, 4) is 5.75 Å². The summed E-state index contributed by atoms with van der Waals surface area (Å²) in [7, 11) is 0. The van der Waals surface area contributed by atoms with Gasteiger partial charge in [0, 0.05) is 23.8 Å². The number of aliphatic hydroxyl groups excluding tert-OH is 2. The van der Waals surface area contributed by atoms with Crippen molar-refractivity contribution >= 4 is 17.6 Å². The van der Waals surface area contributed by atoms with Gasteiger partial charge in [-0.25, -0.2) is 0 Å². The Hall–Kier alpha value is -1.82. The zero-order chi connectivity index (χ0) is 19.2. The first kappa shape index (κ1) is 19.9. The predicted molar refractivity (Wildman–Crippen MR) is 103 cm³/mol. The first-order valence-electron chi connectivity index (χ1n) is 9.30. The van der Waals surface area contributed by atoms with Gasteiger partial charge in [-0.05, 0) is 43.0 Å². The lowest BCUT2D eigenvalue weighted by molar-refractivity contribution is -0.148. The second-order valence-corrected chi connectivity index (χ2v) is 7.48. The summed E-state index contributed by atoms with van der Waals surface area (Å²) >= 11 is 5.96. The van der Waals surface area contributed by atoms with Gasteiger partial charge in [-0.2, -0.15) is 0 Å². The van der Waals surface area contributed by atoms with Crippen LogP contribution in [0, 0.1) is 11.8 Å². The molecule has 1 aliphatic carbocycles. The number of rotatable bonds is 3. The SMILES string of the molecule is O=C1CC/C=C\C[C@@H]2C(/C=C/C(COc3cccc(Cl)c3)O1)[C@H](O)C[C@@H]2O. The van der Waals surface area contributed by atoms with E-state index in [1.54, 1.807) is 30.3 Å². The Morgan fingerprint density at radius 3 is 2.85 bits per heavy atom. The molecule has 2 N–H and O–H groups in total. The molecular weight excluding hydrogens is 368 g/mol. The molecule has 5 atom stereocenters. The van der Waals surface area contributed by atoms with Gasteiger partial charge in [0.2, 0.25) is 0 Å². The Morgan fingerprint density at radius 2 is 2.04 bits per heavy atom. The van der Waals surface area contributed by atoms with Gasteiger partial charge >= 0.3 is 5.97 Å². The Morgan fingerprint density at radius 1 is 1.19 bits per heavy atom. The van der Waals surface area contributed by atoms with E-state index in [1.165, 1.54) is 0 Å². The standard InChI is InChI=1S/C21H25ClO5/c22-14-5-4-6-15(11-14)26-13-16-9-10-18-17(19(23)12-20(18)24)7-2-1-3-8-21(25)27-16/h1-2,4-6,9-11,16-20,23-24H,3,7-8,12-13H2/b2-1-,10-9+/t16?,17-,18?,19+,20-/m1/s1. The van der Waals surface area contributed by atoms with E-state index in [1.807, 2.05) is 18.2 Å². The molecule has 1 aliphatic heterocycles. The molecule has 0 bridgehead atoms. The van der Waals surface area contributed by atoms with Crippen molar-refractivity contribution in [3.63, 3.8) is 0 Å². The maximum atomic E-state index is 12.1. The van der Waals surface area contributed by atoms with Crippen molar-refractivity contribution in [1.29, 1.82) is 0 Å². The minimum atomic E-state index is -0.609. The van der Waals surface area contributed by atoms with Gasteiger partial charge in [-0.3, -0.25) is 4.79 Å². The molecule has 6 heteroatoms. The summed E-state index contributed by atoms with van der Waals surface area (Å²) in [6.07, 6.45) is 7.69. The number of carbonyl (C=O) groups excluding carboxylic acids is 1. The molecule has 1 aromatic carbocycles. The molecule has 2 unspecified atom stereocenters. The quantitative estimate of drug-likeness (QED) is 0.609. The van der Waals surface area contributed by atoms with Gasteiger partial charge in [-0.1, -0.05) is 35.9 Å². The third-order valence-electron chi connectivity index (χ3n) is 5.05. The van der Waals surface area contributed by atoms with Crippen LogP contribution in [0.25, 0.3) is 0 Å². The lowest BCUT2D eigenvalue weighted by atomic mass is 9.89. The van der Waals surface area contributed by atoms with Crippen LogP contribution in [0.2, 0.25) is 5.02 Å². The Labute approximate surface area is 164 Å². The van der Waals surface area contributed by atoms with Crippen molar-refractivity contribution in [2.24, 2.45) is 11.8 Å². The summed E-state index contributed by atoms with van der Waals surface area (Å²) in [5.74, 6) is 0.0666. The summed E-state index contributed by atoms with van der Waals surface area (Å²) in [6, 6.07) is 7.02. The maximum Gasteiger partial charge on any atom is 0.306 e. The van der Waals surface area contributed by atoms with E-state index in [2.05, 4.69) is 0 Å². The fourth-order valence-corrected chi connectivity index (χ4v) is 3.80. The highest BCUT2D eigenvalue weighted by Gasteiger charge is 2.39. The van der Waals surface area contributed by atoms with Gasteiger partial charge in [0.1, 0.15) is 12.4 Å². The van der Waals surface area contributed by atoms with Crippen molar-refractivity contribution in [1.82, 2.24) is 0 Å². The normalized spacial score (nSPS) is 33.9. The molecule has 5 nitrogen and oxygen atoms in total. The summed E-state index contributed by atoms with van der Waals surface area (Å²) in [5.41, 5.74) is 0. The zero-order valence-electron chi connectivity index (χ0n) is 15.0. The van der Waals surface area contributed by atoms with Crippen LogP contribution in [0.4, 0.5) is 0 Å². The number of halogens is 1. The fraction of sp³-hybridized carbons (Fsp3) is 0.476. The number of cyclic esters (lactones) is 1. The van der Waals surface area contributed by atoms with Crippen LogP contribution in [0.5, 0.6) is 5.75 Å². The minimum absolute atomic E-state index is 0.0443. The molecule has 0 spiro atoms. The predicted octanol–water partition coefficient (Wildman–Crippen LogP) is 3.28. The lowest BCUT2D eigenvalue weighted by Gasteiger charge is -2.21. The number of carbonyl (C=O) groups is 1. The molecule has 0 radical (unpaired) electrons. The summed E-state index contributed by atoms with van der Waals surface area (Å²) in [6.45, 7) is 0.147. The molecule has 146 valence electrons. The molecule has 1 heterocycles. The van der Waals surface area contributed by atoms with E-state index < -0.39 is 18.3 Å². The summed E-state index contributed by atoms with van der Waals surface area (Å²) < 4.78 is 11.2. The third kappa shape index (κ3) is 5.58. The number of esters is 1. The van der Waals surface area contributed by atoms with Crippen LogP contribution in [-0.4, -0.2) is 41.1 Å². The Bertz CT molecular complexity index is 702. The monoisotopic (exact) mass is 392 g/mol. The van der Waals surface area contributed by atoms with E-state index in [0.29, 0.717) is 30.0 Å². The first-order valence-corrected chi connectivity index (χ1v) is 9.68. The van der Waals surface area contributed by atoms with E-state index >= 15 is 0 Å². The largest absolute Gasteiger partial charge is 0.489 e. The average Bonchev–Trinajstić information content (AvgIpc) is 2.89. The fourth-order valence-electron chi connectivity index (χ4n) is 3.62. The van der Waals surface area contributed by atoms with Crippen molar-refractivity contribution < 1.29 is 24.5 Å². The van der Waals surface area contributed by atoms with Crippen LogP contribution < -0.4 is 4.74 Å². The molecule has 0 aromatic heterocycles. The van der Waals surface area contributed by atoms with Gasteiger partial charge in [0.15, 0.2) is 6.10 Å². The van der Waals surface area contributed by atoms with Crippen molar-refractivity contribution in [3.05, 3.63) is 53.6 Å².